The molecule has 2 aromatic rings. The minimum absolute atomic E-state index is 0.282. The molecule has 0 saturated heterocycles. The summed E-state index contributed by atoms with van der Waals surface area (Å²) in [6, 6.07) is 19.6. The summed E-state index contributed by atoms with van der Waals surface area (Å²) in [4.78, 5) is 2.49. The van der Waals surface area contributed by atoms with Crippen molar-refractivity contribution in [2.24, 2.45) is 5.73 Å². The van der Waals surface area contributed by atoms with Gasteiger partial charge in [0.2, 0.25) is 0 Å². The molecule has 1 unspecified atom stereocenters. The van der Waals surface area contributed by atoms with Gasteiger partial charge in [-0.15, -0.1) is 0 Å². The Morgan fingerprint density at radius 1 is 1.05 bits per heavy atom. The van der Waals surface area contributed by atoms with Crippen molar-refractivity contribution in [3.8, 4) is 0 Å². The Hall–Kier alpha value is -1.64. The van der Waals surface area contributed by atoms with Crippen LogP contribution >= 0.6 is 0 Å². The van der Waals surface area contributed by atoms with Gasteiger partial charge in [0, 0.05) is 19.1 Å². The van der Waals surface area contributed by atoms with Crippen molar-refractivity contribution in [2.75, 3.05) is 13.1 Å². The molecule has 2 aromatic carbocycles. The summed E-state index contributed by atoms with van der Waals surface area (Å²) in [5.41, 5.74) is 10.1. The molecule has 112 valence electrons. The molecule has 21 heavy (non-hydrogen) atoms. The van der Waals surface area contributed by atoms with Crippen molar-refractivity contribution in [1.29, 1.82) is 0 Å². The lowest BCUT2D eigenvalue weighted by molar-refractivity contribution is 0.193. The van der Waals surface area contributed by atoms with Crippen LogP contribution in [-0.2, 0) is 6.54 Å². The highest BCUT2D eigenvalue weighted by Crippen LogP contribution is 2.23. The van der Waals surface area contributed by atoms with Crippen molar-refractivity contribution in [1.82, 2.24) is 4.90 Å². The van der Waals surface area contributed by atoms with E-state index in [0.29, 0.717) is 6.54 Å². The van der Waals surface area contributed by atoms with E-state index in [4.69, 9.17) is 5.73 Å². The third kappa shape index (κ3) is 4.42. The van der Waals surface area contributed by atoms with E-state index >= 15 is 0 Å². The fourth-order valence-electron chi connectivity index (χ4n) is 2.82. The zero-order valence-corrected chi connectivity index (χ0v) is 13.1. The molecule has 0 fully saturated rings. The molecule has 0 aromatic heterocycles. The maximum Gasteiger partial charge on any atom is 0.0474 e. The molecule has 1 atom stereocenters. The smallest absolute Gasteiger partial charge is 0.0474 e. The highest BCUT2D eigenvalue weighted by molar-refractivity contribution is 5.26. The first-order valence-electron chi connectivity index (χ1n) is 7.79. The molecule has 0 heterocycles. The van der Waals surface area contributed by atoms with E-state index in [9.17, 15) is 0 Å². The summed E-state index contributed by atoms with van der Waals surface area (Å²) >= 11 is 0. The molecule has 0 spiro atoms. The minimum Gasteiger partial charge on any atom is -0.329 e. The van der Waals surface area contributed by atoms with Gasteiger partial charge in [-0.05, 0) is 31.0 Å². The third-order valence-corrected chi connectivity index (χ3v) is 3.83. The van der Waals surface area contributed by atoms with E-state index in [-0.39, 0.29) is 6.04 Å². The Morgan fingerprint density at radius 2 is 1.81 bits per heavy atom. The van der Waals surface area contributed by atoms with Crippen molar-refractivity contribution >= 4 is 0 Å². The predicted molar refractivity (Wildman–Crippen MR) is 90.1 cm³/mol. The number of nitrogens with two attached hydrogens (primary N) is 1. The van der Waals surface area contributed by atoms with Gasteiger partial charge < -0.3 is 5.73 Å². The molecule has 2 heteroatoms. The molecule has 0 aliphatic carbocycles. The molecular weight excluding hydrogens is 256 g/mol. The van der Waals surface area contributed by atoms with Gasteiger partial charge in [-0.25, -0.2) is 0 Å². The van der Waals surface area contributed by atoms with Crippen LogP contribution in [0.4, 0.5) is 0 Å². The van der Waals surface area contributed by atoms with Crippen LogP contribution in [0.1, 0.15) is 36.1 Å². The van der Waals surface area contributed by atoms with E-state index in [1.165, 1.54) is 16.7 Å². The van der Waals surface area contributed by atoms with Gasteiger partial charge in [0.05, 0.1) is 0 Å². The van der Waals surface area contributed by atoms with Gasteiger partial charge in [0.1, 0.15) is 0 Å². The van der Waals surface area contributed by atoms with Crippen LogP contribution in [0.2, 0.25) is 0 Å². The van der Waals surface area contributed by atoms with Crippen LogP contribution in [0.5, 0.6) is 0 Å². The summed E-state index contributed by atoms with van der Waals surface area (Å²) in [5, 5.41) is 0. The molecule has 0 radical (unpaired) electrons. The number of hydrogen-bond donors (Lipinski definition) is 1. The van der Waals surface area contributed by atoms with Crippen molar-refractivity contribution in [3.05, 3.63) is 71.3 Å². The number of hydrogen-bond acceptors (Lipinski definition) is 2. The van der Waals surface area contributed by atoms with Crippen molar-refractivity contribution in [2.45, 2.75) is 32.9 Å². The van der Waals surface area contributed by atoms with Gasteiger partial charge >= 0.3 is 0 Å². The zero-order chi connectivity index (χ0) is 15.1. The first kappa shape index (κ1) is 15.7. The van der Waals surface area contributed by atoms with Gasteiger partial charge in [-0.3, -0.25) is 4.90 Å². The number of nitrogens with zero attached hydrogens (tertiary/aromatic N) is 1. The summed E-state index contributed by atoms with van der Waals surface area (Å²) in [7, 11) is 0. The van der Waals surface area contributed by atoms with E-state index < -0.39 is 0 Å². The van der Waals surface area contributed by atoms with E-state index in [1.54, 1.807) is 0 Å². The second-order valence-corrected chi connectivity index (χ2v) is 5.62. The average molecular weight is 282 g/mol. The maximum absolute atomic E-state index is 6.10. The normalized spacial score (nSPS) is 12.6. The lowest BCUT2D eigenvalue weighted by Crippen LogP contribution is -2.34. The Labute approximate surface area is 128 Å². The summed E-state index contributed by atoms with van der Waals surface area (Å²) < 4.78 is 0. The monoisotopic (exact) mass is 282 g/mol. The van der Waals surface area contributed by atoms with E-state index in [0.717, 1.165) is 19.5 Å². The fraction of sp³-hybridized carbons (Fsp3) is 0.368. The molecule has 0 aliphatic heterocycles. The Morgan fingerprint density at radius 3 is 2.43 bits per heavy atom. The number of rotatable bonds is 7. The Bertz CT molecular complexity index is 536. The summed E-state index contributed by atoms with van der Waals surface area (Å²) in [5.74, 6) is 0. The maximum atomic E-state index is 6.10. The van der Waals surface area contributed by atoms with Crippen molar-refractivity contribution in [3.63, 3.8) is 0 Å². The number of aryl methyl sites for hydroxylation is 1. The van der Waals surface area contributed by atoms with Gasteiger partial charge in [0.15, 0.2) is 0 Å². The van der Waals surface area contributed by atoms with Crippen molar-refractivity contribution < 1.29 is 0 Å². The quantitative estimate of drug-likeness (QED) is 0.834. The average Bonchev–Trinajstić information content (AvgIpc) is 2.49. The van der Waals surface area contributed by atoms with Gasteiger partial charge in [0.25, 0.3) is 0 Å². The minimum atomic E-state index is 0.282. The molecule has 2 rings (SSSR count). The van der Waals surface area contributed by atoms with Gasteiger partial charge in [-0.1, -0.05) is 67.1 Å². The Kier molecular flexibility index (Phi) is 5.97. The van der Waals surface area contributed by atoms with Crippen LogP contribution in [0.3, 0.4) is 0 Å². The van der Waals surface area contributed by atoms with Gasteiger partial charge in [-0.2, -0.15) is 0 Å². The lowest BCUT2D eigenvalue weighted by atomic mass is 10.0. The zero-order valence-electron chi connectivity index (χ0n) is 13.1. The molecule has 2 N–H and O–H groups in total. The largest absolute Gasteiger partial charge is 0.329 e. The molecule has 0 aliphatic rings. The SMILES string of the molecule is CCCN(Cc1ccccc1)C(CN)c1cccc(C)c1. The second-order valence-electron chi connectivity index (χ2n) is 5.62. The third-order valence-electron chi connectivity index (χ3n) is 3.83. The predicted octanol–water partition coefficient (Wildman–Crippen LogP) is 3.91. The number of benzene rings is 2. The highest BCUT2D eigenvalue weighted by Gasteiger charge is 2.18. The second kappa shape index (κ2) is 7.96. The Balaban J connectivity index is 2.22. The van der Waals surface area contributed by atoms with Crippen LogP contribution in [0.15, 0.2) is 54.6 Å². The summed E-state index contributed by atoms with van der Waals surface area (Å²) in [6.07, 6.45) is 1.13. The van der Waals surface area contributed by atoms with E-state index in [2.05, 4.69) is 73.3 Å². The lowest BCUT2D eigenvalue weighted by Gasteiger charge is -2.31. The highest BCUT2D eigenvalue weighted by atomic mass is 15.2. The standard InChI is InChI=1S/C19H26N2/c1-3-12-21(15-17-9-5-4-6-10-17)19(14-20)18-11-7-8-16(2)13-18/h4-11,13,19H,3,12,14-15,20H2,1-2H3. The fourth-order valence-corrected chi connectivity index (χ4v) is 2.82. The summed E-state index contributed by atoms with van der Waals surface area (Å²) in [6.45, 7) is 7.02. The molecule has 0 bridgehead atoms. The molecule has 0 saturated carbocycles. The molecule has 2 nitrogen and oxygen atoms in total. The topological polar surface area (TPSA) is 29.3 Å². The molecular formula is C19H26N2. The first-order valence-corrected chi connectivity index (χ1v) is 7.79. The first-order chi connectivity index (χ1) is 10.2. The van der Waals surface area contributed by atoms with Crippen LogP contribution in [0.25, 0.3) is 0 Å². The van der Waals surface area contributed by atoms with E-state index in [1.807, 2.05) is 0 Å². The molecule has 0 amide bonds. The van der Waals surface area contributed by atoms with Crippen LogP contribution < -0.4 is 5.73 Å². The van der Waals surface area contributed by atoms with Crippen LogP contribution in [-0.4, -0.2) is 18.0 Å². The van der Waals surface area contributed by atoms with Crippen LogP contribution in [0, 0.1) is 6.92 Å².